The first-order valence-corrected chi connectivity index (χ1v) is 8.02. The van der Waals surface area contributed by atoms with Gasteiger partial charge in [0.15, 0.2) is 0 Å². The molecule has 1 aliphatic carbocycles. The van der Waals surface area contributed by atoms with E-state index in [-0.39, 0.29) is 6.04 Å². The molecule has 1 atom stereocenters. The van der Waals surface area contributed by atoms with Crippen molar-refractivity contribution in [2.45, 2.75) is 36.6 Å². The molecule has 18 heavy (non-hydrogen) atoms. The Balaban J connectivity index is 1.88. The molecule has 1 fully saturated rings. The van der Waals surface area contributed by atoms with E-state index in [1.54, 1.807) is 4.31 Å². The van der Waals surface area contributed by atoms with E-state index in [2.05, 4.69) is 5.32 Å². The van der Waals surface area contributed by atoms with Gasteiger partial charge in [-0.2, -0.15) is 4.31 Å². The van der Waals surface area contributed by atoms with Crippen LogP contribution in [0.4, 0.5) is 5.69 Å². The molecule has 96 valence electrons. The van der Waals surface area contributed by atoms with Crippen molar-refractivity contribution in [1.29, 1.82) is 0 Å². The summed E-state index contributed by atoms with van der Waals surface area (Å²) in [7, 11) is -3.30. The lowest BCUT2D eigenvalue weighted by Crippen LogP contribution is -2.45. The van der Waals surface area contributed by atoms with Crippen LogP contribution in [0, 0.1) is 0 Å². The van der Waals surface area contributed by atoms with Crippen LogP contribution in [0.1, 0.15) is 30.4 Å². The smallest absolute Gasteiger partial charge is 0.245 e. The van der Waals surface area contributed by atoms with Gasteiger partial charge in [0.25, 0.3) is 0 Å². The van der Waals surface area contributed by atoms with Gasteiger partial charge in [0.05, 0.1) is 5.69 Å². The standard InChI is InChI=1S/C13H16N2O2S/c16-18(17)13-7-10-5-9(10)6-12(13)14-8-11-3-1-2-4-15(11)18/h6-7,11,14H,1-5,8H2. The summed E-state index contributed by atoms with van der Waals surface area (Å²) in [6.07, 6.45) is 4.04. The number of sulfonamides is 1. The molecule has 4 nitrogen and oxygen atoms in total. The number of nitrogens with one attached hydrogen (secondary N) is 1. The number of rotatable bonds is 0. The van der Waals surface area contributed by atoms with Crippen LogP contribution >= 0.6 is 0 Å². The van der Waals surface area contributed by atoms with E-state index in [9.17, 15) is 8.42 Å². The van der Waals surface area contributed by atoms with Gasteiger partial charge in [0, 0.05) is 19.1 Å². The van der Waals surface area contributed by atoms with Crippen LogP contribution in [-0.4, -0.2) is 31.9 Å². The summed E-state index contributed by atoms with van der Waals surface area (Å²) in [5, 5.41) is 3.33. The van der Waals surface area contributed by atoms with Crippen molar-refractivity contribution in [3.63, 3.8) is 0 Å². The zero-order valence-electron chi connectivity index (χ0n) is 10.1. The summed E-state index contributed by atoms with van der Waals surface area (Å²) >= 11 is 0. The Morgan fingerprint density at radius 2 is 2.06 bits per heavy atom. The third-order valence-corrected chi connectivity index (χ3v) is 6.24. The van der Waals surface area contributed by atoms with Crippen molar-refractivity contribution < 1.29 is 8.42 Å². The van der Waals surface area contributed by atoms with Crippen LogP contribution < -0.4 is 5.32 Å². The fraction of sp³-hybridized carbons (Fsp3) is 0.538. The summed E-state index contributed by atoms with van der Waals surface area (Å²) in [5.74, 6) is 0. The highest BCUT2D eigenvalue weighted by Gasteiger charge is 2.38. The first-order chi connectivity index (χ1) is 8.66. The van der Waals surface area contributed by atoms with E-state index in [1.165, 1.54) is 11.1 Å². The number of nitrogens with zero attached hydrogens (tertiary/aromatic N) is 1. The Morgan fingerprint density at radius 1 is 1.22 bits per heavy atom. The number of piperidine rings is 1. The van der Waals surface area contributed by atoms with Gasteiger partial charge >= 0.3 is 0 Å². The van der Waals surface area contributed by atoms with Crippen LogP contribution in [0.3, 0.4) is 0 Å². The fourth-order valence-corrected chi connectivity index (χ4v) is 5.02. The minimum atomic E-state index is -3.30. The van der Waals surface area contributed by atoms with Crippen molar-refractivity contribution in [3.05, 3.63) is 23.3 Å². The van der Waals surface area contributed by atoms with Crippen molar-refractivity contribution in [3.8, 4) is 0 Å². The van der Waals surface area contributed by atoms with Gasteiger partial charge in [0.2, 0.25) is 10.0 Å². The molecule has 0 aromatic heterocycles. The molecule has 1 unspecified atom stereocenters. The summed E-state index contributed by atoms with van der Waals surface area (Å²) in [5.41, 5.74) is 3.28. The van der Waals surface area contributed by atoms with E-state index < -0.39 is 10.0 Å². The number of hydrogen-bond donors (Lipinski definition) is 1. The van der Waals surface area contributed by atoms with Crippen LogP contribution in [0.15, 0.2) is 17.0 Å². The topological polar surface area (TPSA) is 49.4 Å². The number of benzene rings is 1. The first-order valence-electron chi connectivity index (χ1n) is 6.58. The molecule has 5 heteroatoms. The molecule has 0 spiro atoms. The summed E-state index contributed by atoms with van der Waals surface area (Å²) in [6, 6.07) is 4.01. The predicted octanol–water partition coefficient (Wildman–Crippen LogP) is 1.56. The van der Waals surface area contributed by atoms with Crippen LogP contribution in [0.5, 0.6) is 0 Å². The lowest BCUT2D eigenvalue weighted by atomic mass is 10.1. The molecule has 1 aromatic carbocycles. The van der Waals surface area contributed by atoms with Crippen LogP contribution in [0.2, 0.25) is 0 Å². The van der Waals surface area contributed by atoms with E-state index in [0.29, 0.717) is 11.4 Å². The van der Waals surface area contributed by atoms with Crippen molar-refractivity contribution in [2.75, 3.05) is 18.4 Å². The van der Waals surface area contributed by atoms with Gasteiger partial charge in [-0.05, 0) is 42.5 Å². The summed E-state index contributed by atoms with van der Waals surface area (Å²) in [4.78, 5) is 0.489. The van der Waals surface area contributed by atoms with Crippen molar-refractivity contribution in [1.82, 2.24) is 4.31 Å². The third kappa shape index (κ3) is 1.44. The van der Waals surface area contributed by atoms with Gasteiger partial charge in [-0.3, -0.25) is 0 Å². The Morgan fingerprint density at radius 3 is 2.94 bits per heavy atom. The maximum absolute atomic E-state index is 12.7. The van der Waals surface area contributed by atoms with E-state index in [0.717, 1.165) is 37.9 Å². The molecule has 4 rings (SSSR count). The first kappa shape index (κ1) is 10.8. The van der Waals surface area contributed by atoms with Crippen LogP contribution in [0.25, 0.3) is 0 Å². The largest absolute Gasteiger partial charge is 0.382 e. The molecular weight excluding hydrogens is 248 g/mol. The van der Waals surface area contributed by atoms with Gasteiger partial charge < -0.3 is 5.32 Å². The summed E-state index contributed by atoms with van der Waals surface area (Å²) < 4.78 is 27.2. The van der Waals surface area contributed by atoms with E-state index in [4.69, 9.17) is 0 Å². The predicted molar refractivity (Wildman–Crippen MR) is 69.3 cm³/mol. The molecule has 0 saturated carbocycles. The zero-order chi connectivity index (χ0) is 12.3. The van der Waals surface area contributed by atoms with Crippen LogP contribution in [-0.2, 0) is 16.4 Å². The van der Waals surface area contributed by atoms with E-state index >= 15 is 0 Å². The minimum absolute atomic E-state index is 0.127. The number of anilines is 1. The lowest BCUT2D eigenvalue weighted by Gasteiger charge is -2.32. The molecule has 0 amide bonds. The zero-order valence-corrected chi connectivity index (χ0v) is 11.0. The monoisotopic (exact) mass is 264 g/mol. The Bertz CT molecular complexity index is 624. The quantitative estimate of drug-likeness (QED) is 0.785. The van der Waals surface area contributed by atoms with Gasteiger partial charge in [0.1, 0.15) is 4.90 Å². The highest BCUT2D eigenvalue weighted by Crippen LogP contribution is 2.39. The maximum atomic E-state index is 12.7. The molecule has 0 bridgehead atoms. The second kappa shape index (κ2) is 3.48. The molecule has 1 aromatic rings. The van der Waals surface area contributed by atoms with Gasteiger partial charge in [-0.25, -0.2) is 8.42 Å². The molecular formula is C13H16N2O2S. The summed E-state index contributed by atoms with van der Waals surface area (Å²) in [6.45, 7) is 1.41. The van der Waals surface area contributed by atoms with Gasteiger partial charge in [-0.15, -0.1) is 0 Å². The Hall–Kier alpha value is -1.07. The normalized spacial score (nSPS) is 28.3. The maximum Gasteiger partial charge on any atom is 0.245 e. The van der Waals surface area contributed by atoms with E-state index in [1.807, 2.05) is 12.1 Å². The van der Waals surface area contributed by atoms with Gasteiger partial charge in [-0.1, -0.05) is 6.42 Å². The molecule has 1 N–H and O–H groups in total. The highest BCUT2D eigenvalue weighted by atomic mass is 32.2. The van der Waals surface area contributed by atoms with Crippen molar-refractivity contribution in [2.24, 2.45) is 0 Å². The Kier molecular flexibility index (Phi) is 2.09. The SMILES string of the molecule is O=S1(=O)c2cc3c(cc2NCC2CCCCN21)C3. The fourth-order valence-electron chi connectivity index (χ4n) is 3.13. The number of fused-ring (bicyclic) bond motifs is 3. The molecule has 3 aliphatic rings. The average Bonchev–Trinajstić information content (AvgIpc) is 3.13. The second-order valence-corrected chi connectivity index (χ2v) is 7.30. The molecule has 0 radical (unpaired) electrons. The number of hydrogen-bond acceptors (Lipinski definition) is 3. The highest BCUT2D eigenvalue weighted by molar-refractivity contribution is 7.89. The second-order valence-electron chi connectivity index (χ2n) is 5.44. The Labute approximate surface area is 107 Å². The third-order valence-electron chi connectivity index (χ3n) is 4.25. The van der Waals surface area contributed by atoms with Crippen molar-refractivity contribution >= 4 is 15.7 Å². The molecule has 2 aliphatic heterocycles. The molecule has 2 heterocycles. The average molecular weight is 264 g/mol. The lowest BCUT2D eigenvalue weighted by molar-refractivity contribution is 0.264. The minimum Gasteiger partial charge on any atom is -0.382 e. The molecule has 1 saturated heterocycles.